The van der Waals surface area contributed by atoms with Crippen LogP contribution >= 0.6 is 11.3 Å². The first-order chi connectivity index (χ1) is 18.2. The lowest BCUT2D eigenvalue weighted by atomic mass is 9.98. The van der Waals surface area contributed by atoms with E-state index >= 15 is 0 Å². The van der Waals surface area contributed by atoms with Gasteiger partial charge in [0.25, 0.3) is 0 Å². The molecule has 6 aromatic rings. The summed E-state index contributed by atoms with van der Waals surface area (Å²) in [6.07, 6.45) is 13.5. The fourth-order valence-electron chi connectivity index (χ4n) is 5.06. The highest BCUT2D eigenvalue weighted by Crippen LogP contribution is 2.35. The number of rotatable bonds is 5. The average Bonchev–Trinajstić information content (AvgIpc) is 3.66. The first-order valence-corrected chi connectivity index (χ1v) is 13.4. The summed E-state index contributed by atoms with van der Waals surface area (Å²) in [6.45, 7) is 2.11. The summed E-state index contributed by atoms with van der Waals surface area (Å²) in [6, 6.07) is 10.4. The van der Waals surface area contributed by atoms with Crippen molar-refractivity contribution in [3.05, 3.63) is 60.0 Å². The van der Waals surface area contributed by atoms with E-state index < -0.39 is 0 Å². The molecular formula is C28H25N7OS. The van der Waals surface area contributed by atoms with Crippen LogP contribution in [0.4, 0.5) is 0 Å². The molecule has 8 nitrogen and oxygen atoms in total. The van der Waals surface area contributed by atoms with Gasteiger partial charge >= 0.3 is 0 Å². The fourth-order valence-corrected chi connectivity index (χ4v) is 5.95. The van der Waals surface area contributed by atoms with Crippen LogP contribution in [0.3, 0.4) is 0 Å². The number of imidazole rings is 1. The van der Waals surface area contributed by atoms with Gasteiger partial charge in [0, 0.05) is 45.0 Å². The third kappa shape index (κ3) is 4.15. The minimum atomic E-state index is 0.275. The van der Waals surface area contributed by atoms with Crippen LogP contribution < -0.4 is 4.74 Å². The lowest BCUT2D eigenvalue weighted by Gasteiger charge is -2.23. The van der Waals surface area contributed by atoms with E-state index in [2.05, 4.69) is 55.3 Å². The van der Waals surface area contributed by atoms with E-state index in [1.807, 2.05) is 30.7 Å². The number of nitrogens with one attached hydrogen (secondary N) is 2. The maximum Gasteiger partial charge on any atom is 0.161 e. The van der Waals surface area contributed by atoms with E-state index in [0.717, 1.165) is 51.8 Å². The molecule has 7 rings (SSSR count). The average molecular weight is 508 g/mol. The Morgan fingerprint density at radius 1 is 0.946 bits per heavy atom. The molecule has 0 saturated heterocycles. The van der Waals surface area contributed by atoms with Crippen molar-refractivity contribution < 1.29 is 4.74 Å². The Morgan fingerprint density at radius 3 is 2.70 bits per heavy atom. The lowest BCUT2D eigenvalue weighted by molar-refractivity contribution is 0.154. The van der Waals surface area contributed by atoms with Crippen LogP contribution in [0.2, 0.25) is 0 Å². The maximum absolute atomic E-state index is 6.24. The van der Waals surface area contributed by atoms with Crippen LogP contribution in [0, 0.1) is 6.92 Å². The third-order valence-electron chi connectivity index (χ3n) is 6.93. The number of ether oxygens (including phenoxy) is 1. The molecule has 184 valence electrons. The van der Waals surface area contributed by atoms with Crippen molar-refractivity contribution in [1.29, 1.82) is 0 Å². The molecular weight excluding hydrogens is 482 g/mol. The molecule has 0 atom stereocenters. The number of nitrogens with zero attached hydrogens (tertiary/aromatic N) is 5. The Labute approximate surface area is 217 Å². The first-order valence-electron chi connectivity index (χ1n) is 12.6. The van der Waals surface area contributed by atoms with Crippen LogP contribution in [0.15, 0.2) is 55.1 Å². The number of hydrogen-bond donors (Lipinski definition) is 2. The molecule has 0 bridgehead atoms. The van der Waals surface area contributed by atoms with Crippen LogP contribution in [-0.2, 0) is 0 Å². The Kier molecular flexibility index (Phi) is 5.43. The Bertz CT molecular complexity index is 1730. The van der Waals surface area contributed by atoms with Gasteiger partial charge in [0.15, 0.2) is 17.1 Å². The molecule has 6 aromatic heterocycles. The number of aromatic amines is 2. The number of fused-ring (bicyclic) bond motifs is 2. The van der Waals surface area contributed by atoms with Gasteiger partial charge in [-0.15, -0.1) is 11.3 Å². The second-order valence-electron chi connectivity index (χ2n) is 9.53. The monoisotopic (exact) mass is 507 g/mol. The van der Waals surface area contributed by atoms with E-state index in [1.54, 1.807) is 17.5 Å². The molecule has 1 saturated carbocycles. The van der Waals surface area contributed by atoms with Crippen LogP contribution in [0.1, 0.15) is 37.0 Å². The quantitative estimate of drug-likeness (QED) is 0.269. The largest absolute Gasteiger partial charge is 0.489 e. The Hall–Kier alpha value is -4.11. The molecule has 0 aliphatic heterocycles. The van der Waals surface area contributed by atoms with Crippen LogP contribution in [-0.4, -0.2) is 41.2 Å². The summed E-state index contributed by atoms with van der Waals surface area (Å²) in [5, 5.41) is 8.47. The summed E-state index contributed by atoms with van der Waals surface area (Å²) < 4.78 is 6.24. The number of aromatic nitrogens is 7. The van der Waals surface area contributed by atoms with Gasteiger partial charge in [-0.05, 0) is 62.9 Å². The van der Waals surface area contributed by atoms with Gasteiger partial charge in [0.1, 0.15) is 17.0 Å². The minimum absolute atomic E-state index is 0.275. The van der Waals surface area contributed by atoms with Gasteiger partial charge in [0.2, 0.25) is 0 Å². The Balaban J connectivity index is 1.26. The number of aryl methyl sites for hydroxylation is 1. The molecule has 0 amide bonds. The van der Waals surface area contributed by atoms with Crippen molar-refractivity contribution in [3.8, 4) is 38.8 Å². The summed E-state index contributed by atoms with van der Waals surface area (Å²) in [4.78, 5) is 24.3. The van der Waals surface area contributed by atoms with E-state index in [0.29, 0.717) is 17.2 Å². The predicted molar refractivity (Wildman–Crippen MR) is 146 cm³/mol. The predicted octanol–water partition coefficient (Wildman–Crippen LogP) is 6.71. The Morgan fingerprint density at radius 2 is 1.84 bits per heavy atom. The fraction of sp³-hybridized carbons (Fsp3) is 0.250. The number of hydrogen-bond acceptors (Lipinski definition) is 7. The summed E-state index contributed by atoms with van der Waals surface area (Å²) in [5.41, 5.74) is 5.93. The van der Waals surface area contributed by atoms with Crippen molar-refractivity contribution in [3.63, 3.8) is 0 Å². The van der Waals surface area contributed by atoms with Gasteiger partial charge in [0.05, 0.1) is 17.7 Å². The highest BCUT2D eigenvalue weighted by atomic mass is 32.1. The van der Waals surface area contributed by atoms with Gasteiger partial charge in [-0.1, -0.05) is 6.42 Å². The number of H-pyrrole nitrogens is 2. The zero-order chi connectivity index (χ0) is 24.8. The summed E-state index contributed by atoms with van der Waals surface area (Å²) in [5.74, 6) is 1.46. The van der Waals surface area contributed by atoms with Crippen molar-refractivity contribution in [1.82, 2.24) is 35.1 Å². The van der Waals surface area contributed by atoms with Crippen molar-refractivity contribution in [2.45, 2.75) is 45.1 Å². The minimum Gasteiger partial charge on any atom is -0.489 e. The molecule has 1 aliphatic carbocycles. The van der Waals surface area contributed by atoms with Gasteiger partial charge in [-0.25, -0.2) is 15.0 Å². The van der Waals surface area contributed by atoms with Crippen molar-refractivity contribution in [2.75, 3.05) is 0 Å². The first kappa shape index (κ1) is 22.1. The van der Waals surface area contributed by atoms with E-state index in [9.17, 15) is 0 Å². The van der Waals surface area contributed by atoms with Crippen LogP contribution in [0.25, 0.3) is 55.3 Å². The topological polar surface area (TPSA) is 105 Å². The van der Waals surface area contributed by atoms with Gasteiger partial charge in [-0.2, -0.15) is 5.10 Å². The van der Waals surface area contributed by atoms with E-state index in [1.165, 1.54) is 29.0 Å². The number of pyridine rings is 3. The molecule has 0 aromatic carbocycles. The van der Waals surface area contributed by atoms with Gasteiger partial charge in [-0.3, -0.25) is 10.1 Å². The smallest absolute Gasteiger partial charge is 0.161 e. The molecule has 0 unspecified atom stereocenters. The molecule has 6 heterocycles. The SMILES string of the molecule is Cc1ccc(-c2ccnc3[nH]c(-c4n[nH]c5ncc(-c6cncc(OC7CCCCC7)c6)cc45)nc23)s1. The molecule has 2 N–H and O–H groups in total. The van der Waals surface area contributed by atoms with E-state index in [-0.39, 0.29) is 6.10 Å². The van der Waals surface area contributed by atoms with E-state index in [4.69, 9.17) is 9.72 Å². The van der Waals surface area contributed by atoms with Crippen molar-refractivity contribution >= 4 is 33.5 Å². The molecule has 1 fully saturated rings. The highest BCUT2D eigenvalue weighted by Gasteiger charge is 2.18. The second-order valence-corrected chi connectivity index (χ2v) is 10.8. The normalized spacial score (nSPS) is 14.5. The molecule has 1 aliphatic rings. The number of thiophene rings is 1. The third-order valence-corrected chi connectivity index (χ3v) is 7.97. The molecule has 37 heavy (non-hydrogen) atoms. The second kappa shape index (κ2) is 9.08. The summed E-state index contributed by atoms with van der Waals surface area (Å²) >= 11 is 1.75. The van der Waals surface area contributed by atoms with Crippen molar-refractivity contribution in [2.24, 2.45) is 0 Å². The molecule has 0 spiro atoms. The van der Waals surface area contributed by atoms with Gasteiger partial charge < -0.3 is 9.72 Å². The molecule has 0 radical (unpaired) electrons. The standard InChI is InChI=1S/C28H25N7OS/c1-16-7-8-23(37-16)21-9-10-30-27-24(21)32-28(33-27)25-22-12-18(14-31-26(22)35-34-25)17-11-20(15-29-13-17)36-19-5-3-2-4-6-19/h7-15,19H,2-6H2,1H3,(H,30,32,33)(H,31,34,35). The zero-order valence-corrected chi connectivity index (χ0v) is 21.2. The van der Waals surface area contributed by atoms with Crippen LogP contribution in [0.5, 0.6) is 5.75 Å². The summed E-state index contributed by atoms with van der Waals surface area (Å²) in [7, 11) is 0. The highest BCUT2D eigenvalue weighted by molar-refractivity contribution is 7.15. The lowest BCUT2D eigenvalue weighted by Crippen LogP contribution is -2.19. The zero-order valence-electron chi connectivity index (χ0n) is 20.4. The molecule has 9 heteroatoms. The maximum atomic E-state index is 6.24.